The summed E-state index contributed by atoms with van der Waals surface area (Å²) in [5, 5.41) is 1.15. The highest BCUT2D eigenvalue weighted by atomic mass is 19.1. The van der Waals surface area contributed by atoms with Crippen LogP contribution in [0.5, 0.6) is 0 Å². The monoisotopic (exact) mass is 485 g/mol. The van der Waals surface area contributed by atoms with E-state index in [2.05, 4.69) is 11.1 Å². The van der Waals surface area contributed by atoms with Crippen molar-refractivity contribution < 1.29 is 14.0 Å². The Hall–Kier alpha value is -3.93. The first-order valence-corrected chi connectivity index (χ1v) is 12.3. The summed E-state index contributed by atoms with van der Waals surface area (Å²) in [5.74, 6) is -0.608. The number of nitrogens with zero attached hydrogens (tertiary/aromatic N) is 2. The number of amides is 2. The fourth-order valence-corrected chi connectivity index (χ4v) is 4.39. The Kier molecular flexibility index (Phi) is 8.16. The van der Waals surface area contributed by atoms with Gasteiger partial charge in [-0.2, -0.15) is 0 Å². The molecule has 4 rings (SSSR count). The molecular formula is C30H32FN3O2. The van der Waals surface area contributed by atoms with E-state index in [0.717, 1.165) is 22.0 Å². The predicted molar refractivity (Wildman–Crippen MR) is 141 cm³/mol. The second-order valence-electron chi connectivity index (χ2n) is 9.50. The third kappa shape index (κ3) is 6.39. The van der Waals surface area contributed by atoms with Crippen LogP contribution in [0.4, 0.5) is 4.39 Å². The van der Waals surface area contributed by atoms with E-state index in [1.165, 1.54) is 24.3 Å². The smallest absolute Gasteiger partial charge is 0.254 e. The first-order valence-electron chi connectivity index (χ1n) is 12.3. The molecule has 0 aliphatic rings. The van der Waals surface area contributed by atoms with Crippen molar-refractivity contribution in [2.24, 2.45) is 5.92 Å². The number of hydrogen-bond donors (Lipinski definition) is 1. The van der Waals surface area contributed by atoms with Crippen molar-refractivity contribution in [3.05, 3.63) is 108 Å². The molecule has 0 radical (unpaired) electrons. The molecule has 1 heterocycles. The number of carbonyl (C=O) groups is 2. The number of fused-ring (bicyclic) bond motifs is 1. The molecule has 0 fully saturated rings. The van der Waals surface area contributed by atoms with Crippen LogP contribution in [0.15, 0.2) is 85.1 Å². The van der Waals surface area contributed by atoms with Crippen LogP contribution in [0.2, 0.25) is 0 Å². The molecule has 5 nitrogen and oxygen atoms in total. The topological polar surface area (TPSA) is 56.4 Å². The van der Waals surface area contributed by atoms with E-state index in [1.54, 1.807) is 4.90 Å². The van der Waals surface area contributed by atoms with Gasteiger partial charge in [-0.05, 0) is 53.8 Å². The predicted octanol–water partition coefficient (Wildman–Crippen LogP) is 5.68. The summed E-state index contributed by atoms with van der Waals surface area (Å²) in [7, 11) is 0. The van der Waals surface area contributed by atoms with Gasteiger partial charge in [0.1, 0.15) is 12.4 Å². The molecule has 0 saturated carbocycles. The molecule has 0 unspecified atom stereocenters. The van der Waals surface area contributed by atoms with Gasteiger partial charge in [0, 0.05) is 42.3 Å². The van der Waals surface area contributed by atoms with Gasteiger partial charge in [0.05, 0.1) is 0 Å². The van der Waals surface area contributed by atoms with E-state index in [0.29, 0.717) is 31.6 Å². The Morgan fingerprint density at radius 1 is 0.889 bits per heavy atom. The van der Waals surface area contributed by atoms with Crippen LogP contribution < -0.4 is 0 Å². The van der Waals surface area contributed by atoms with Crippen LogP contribution in [0, 0.1) is 11.7 Å². The summed E-state index contributed by atoms with van der Waals surface area (Å²) in [6, 6.07) is 23.5. The lowest BCUT2D eigenvalue weighted by molar-refractivity contribution is -0.132. The van der Waals surface area contributed by atoms with Crippen molar-refractivity contribution in [3.8, 4) is 0 Å². The van der Waals surface area contributed by atoms with Crippen molar-refractivity contribution in [3.63, 3.8) is 0 Å². The van der Waals surface area contributed by atoms with Gasteiger partial charge in [0.25, 0.3) is 5.91 Å². The molecule has 4 aromatic rings. The van der Waals surface area contributed by atoms with Gasteiger partial charge in [-0.15, -0.1) is 0 Å². The fourth-order valence-electron chi connectivity index (χ4n) is 4.39. The van der Waals surface area contributed by atoms with Crippen LogP contribution in [0.1, 0.15) is 35.3 Å². The molecule has 36 heavy (non-hydrogen) atoms. The Balaban J connectivity index is 1.53. The number of nitrogens with one attached hydrogen (secondary N) is 1. The van der Waals surface area contributed by atoms with Gasteiger partial charge in [-0.1, -0.05) is 62.4 Å². The second-order valence-corrected chi connectivity index (χ2v) is 9.50. The lowest BCUT2D eigenvalue weighted by atomic mass is 10.1. The van der Waals surface area contributed by atoms with Crippen LogP contribution in [0.3, 0.4) is 0 Å². The van der Waals surface area contributed by atoms with Crippen LogP contribution in [-0.4, -0.2) is 46.2 Å². The summed E-state index contributed by atoms with van der Waals surface area (Å²) < 4.78 is 13.4. The summed E-state index contributed by atoms with van der Waals surface area (Å²) in [6.07, 6.45) is 2.69. The Labute approximate surface area is 211 Å². The van der Waals surface area contributed by atoms with Crippen LogP contribution >= 0.6 is 0 Å². The van der Waals surface area contributed by atoms with Gasteiger partial charge in [0.15, 0.2) is 0 Å². The minimum Gasteiger partial charge on any atom is -0.361 e. The molecule has 6 heteroatoms. The molecule has 186 valence electrons. The number of benzene rings is 3. The third-order valence-corrected chi connectivity index (χ3v) is 6.18. The third-order valence-electron chi connectivity index (χ3n) is 6.18. The highest BCUT2D eigenvalue weighted by Crippen LogP contribution is 2.19. The van der Waals surface area contributed by atoms with E-state index in [1.807, 2.05) is 73.5 Å². The van der Waals surface area contributed by atoms with E-state index in [-0.39, 0.29) is 24.3 Å². The maximum absolute atomic E-state index is 13.6. The molecule has 2 amide bonds. The molecule has 0 atom stereocenters. The van der Waals surface area contributed by atoms with Crippen molar-refractivity contribution in [2.45, 2.75) is 26.8 Å². The fraction of sp³-hybridized carbons (Fsp3) is 0.267. The first-order chi connectivity index (χ1) is 17.4. The molecular weight excluding hydrogens is 453 g/mol. The Morgan fingerprint density at radius 2 is 1.58 bits per heavy atom. The SMILES string of the molecule is CC(C)CN(CC(=O)N(CCc1c[nH]c2ccccc12)Cc1ccccc1)C(=O)c1ccc(F)cc1. The van der Waals surface area contributed by atoms with Gasteiger partial charge in [0.2, 0.25) is 5.91 Å². The molecule has 1 aromatic heterocycles. The number of aromatic amines is 1. The summed E-state index contributed by atoms with van der Waals surface area (Å²) in [4.78, 5) is 33.5. The summed E-state index contributed by atoms with van der Waals surface area (Å²) >= 11 is 0. The standard InChI is InChI=1S/C30H32FN3O2/c1-22(2)19-34(30(36)24-12-14-26(31)15-13-24)21-29(35)33(20-23-8-4-3-5-9-23)17-16-25-18-32-28-11-7-6-10-27(25)28/h3-15,18,22,32H,16-17,19-21H2,1-2H3. The lowest BCUT2D eigenvalue weighted by Gasteiger charge is -2.29. The number of halogens is 1. The summed E-state index contributed by atoms with van der Waals surface area (Å²) in [5.41, 5.74) is 3.63. The second kappa shape index (κ2) is 11.7. The van der Waals surface area contributed by atoms with Gasteiger partial charge < -0.3 is 14.8 Å². The number of rotatable bonds is 10. The highest BCUT2D eigenvalue weighted by molar-refractivity contribution is 5.96. The number of para-hydroxylation sites is 1. The van der Waals surface area contributed by atoms with E-state index >= 15 is 0 Å². The minimum atomic E-state index is -0.399. The zero-order chi connectivity index (χ0) is 25.5. The quantitative estimate of drug-likeness (QED) is 0.314. The zero-order valence-corrected chi connectivity index (χ0v) is 20.8. The maximum atomic E-state index is 13.6. The Bertz CT molecular complexity index is 1300. The maximum Gasteiger partial charge on any atom is 0.254 e. The largest absolute Gasteiger partial charge is 0.361 e. The van der Waals surface area contributed by atoms with E-state index in [9.17, 15) is 14.0 Å². The molecule has 0 aliphatic heterocycles. The summed E-state index contributed by atoms with van der Waals surface area (Å²) in [6.45, 7) is 5.40. The molecule has 0 spiro atoms. The number of hydrogen-bond acceptors (Lipinski definition) is 2. The van der Waals surface area contributed by atoms with Crippen LogP contribution in [-0.2, 0) is 17.8 Å². The average Bonchev–Trinajstić information content (AvgIpc) is 3.29. The Morgan fingerprint density at radius 3 is 2.31 bits per heavy atom. The minimum absolute atomic E-state index is 0.0326. The number of carbonyl (C=O) groups excluding carboxylic acids is 2. The molecule has 3 aromatic carbocycles. The van der Waals surface area contributed by atoms with Crippen molar-refractivity contribution in [1.29, 1.82) is 0 Å². The van der Waals surface area contributed by atoms with Crippen LogP contribution in [0.25, 0.3) is 10.9 Å². The van der Waals surface area contributed by atoms with Crippen molar-refractivity contribution in [2.75, 3.05) is 19.6 Å². The molecule has 0 bridgehead atoms. The molecule has 0 saturated heterocycles. The van der Waals surface area contributed by atoms with Gasteiger partial charge >= 0.3 is 0 Å². The van der Waals surface area contributed by atoms with E-state index in [4.69, 9.17) is 0 Å². The number of aromatic nitrogens is 1. The normalized spacial score (nSPS) is 11.1. The number of H-pyrrole nitrogens is 1. The van der Waals surface area contributed by atoms with Gasteiger partial charge in [-0.25, -0.2) is 4.39 Å². The zero-order valence-electron chi connectivity index (χ0n) is 20.8. The molecule has 1 N–H and O–H groups in total. The first kappa shape index (κ1) is 25.2. The highest BCUT2D eigenvalue weighted by Gasteiger charge is 2.23. The van der Waals surface area contributed by atoms with E-state index < -0.39 is 5.82 Å². The van der Waals surface area contributed by atoms with Gasteiger partial charge in [-0.3, -0.25) is 9.59 Å². The van der Waals surface area contributed by atoms with Crippen molar-refractivity contribution >= 4 is 22.7 Å². The average molecular weight is 486 g/mol. The lowest BCUT2D eigenvalue weighted by Crippen LogP contribution is -2.44. The molecule has 0 aliphatic carbocycles. The van der Waals surface area contributed by atoms with Crippen molar-refractivity contribution in [1.82, 2.24) is 14.8 Å².